The lowest BCUT2D eigenvalue weighted by molar-refractivity contribution is 0.0974. The quantitative estimate of drug-likeness (QED) is 0.354. The third kappa shape index (κ3) is 5.85. The number of Topliss-reactive ketones (excluding diaryl/α,β-unsaturated/α-hetero) is 1. The first kappa shape index (κ1) is 23.5. The van der Waals surface area contributed by atoms with Gasteiger partial charge >= 0.3 is 0 Å². The molecule has 0 spiro atoms. The predicted octanol–water partition coefficient (Wildman–Crippen LogP) is 3.68. The number of hydrogen-bond donors (Lipinski definition) is 1. The summed E-state index contributed by atoms with van der Waals surface area (Å²) in [5, 5.41) is 10.5. The van der Waals surface area contributed by atoms with Gasteiger partial charge in [-0.2, -0.15) is 10.1 Å². The molecule has 3 aromatic heterocycles. The van der Waals surface area contributed by atoms with Crippen molar-refractivity contribution in [1.29, 1.82) is 0 Å². The van der Waals surface area contributed by atoms with Crippen molar-refractivity contribution < 1.29 is 23.6 Å². The summed E-state index contributed by atoms with van der Waals surface area (Å²) in [5.74, 6) is 0.802. The molecule has 0 radical (unpaired) electrons. The summed E-state index contributed by atoms with van der Waals surface area (Å²) in [5.41, 5.74) is 0.597. The molecule has 0 bridgehead atoms. The third-order valence-corrected chi connectivity index (χ3v) is 4.54. The molecule has 35 heavy (non-hydrogen) atoms. The van der Waals surface area contributed by atoms with Gasteiger partial charge in [-0.15, -0.1) is 0 Å². The van der Waals surface area contributed by atoms with Gasteiger partial charge in [0, 0.05) is 37.4 Å². The van der Waals surface area contributed by atoms with Gasteiger partial charge < -0.3 is 19.3 Å². The lowest BCUT2D eigenvalue weighted by Crippen LogP contribution is -2.13. The number of nitrogens with one attached hydrogen (secondary N) is 1. The second-order valence-corrected chi connectivity index (χ2v) is 7.73. The number of carbonyl (C=O) groups excluding carboxylic acids is 2. The molecule has 1 amide bonds. The van der Waals surface area contributed by atoms with E-state index in [1.807, 2.05) is 13.8 Å². The second-order valence-electron chi connectivity index (χ2n) is 7.73. The van der Waals surface area contributed by atoms with E-state index >= 15 is 0 Å². The Kier molecular flexibility index (Phi) is 6.81. The topological polar surface area (TPSA) is 147 Å². The molecular weight excluding hydrogens is 454 g/mol. The zero-order valence-corrected chi connectivity index (χ0v) is 19.6. The van der Waals surface area contributed by atoms with Gasteiger partial charge in [-0.05, 0) is 26.0 Å². The molecule has 0 fully saturated rings. The number of benzene rings is 1. The molecule has 0 aliphatic heterocycles. The molecule has 0 atom stereocenters. The molecule has 0 aliphatic rings. The first-order chi connectivity index (χ1) is 16.8. The van der Waals surface area contributed by atoms with E-state index < -0.39 is 0 Å². The number of aromatic nitrogens is 6. The fourth-order valence-corrected chi connectivity index (χ4v) is 2.97. The summed E-state index contributed by atoms with van der Waals surface area (Å²) in [6, 6.07) is 6.51. The maximum atomic E-state index is 12.8. The van der Waals surface area contributed by atoms with Gasteiger partial charge in [-0.1, -0.05) is 12.1 Å². The Labute approximate surface area is 200 Å². The van der Waals surface area contributed by atoms with Crippen molar-refractivity contribution >= 4 is 17.5 Å². The summed E-state index contributed by atoms with van der Waals surface area (Å²) in [4.78, 5) is 37.0. The second kappa shape index (κ2) is 10.1. The molecule has 0 aliphatic carbocycles. The zero-order chi connectivity index (χ0) is 24.9. The van der Waals surface area contributed by atoms with Crippen molar-refractivity contribution in [1.82, 2.24) is 29.9 Å². The van der Waals surface area contributed by atoms with Crippen LogP contribution in [-0.4, -0.2) is 47.7 Å². The zero-order valence-electron chi connectivity index (χ0n) is 19.6. The molecule has 0 saturated heterocycles. The van der Waals surface area contributed by atoms with Crippen LogP contribution in [0.4, 0.5) is 5.82 Å². The molecular formula is C23H23N7O5. The van der Waals surface area contributed by atoms with Gasteiger partial charge in [0.15, 0.2) is 5.82 Å². The first-order valence-corrected chi connectivity index (χ1v) is 10.8. The lowest BCUT2D eigenvalue weighted by Gasteiger charge is -2.13. The summed E-state index contributed by atoms with van der Waals surface area (Å²) >= 11 is 0. The number of amides is 1. The van der Waals surface area contributed by atoms with Crippen LogP contribution < -0.4 is 14.8 Å². The Hall–Kier alpha value is -4.61. The van der Waals surface area contributed by atoms with Gasteiger partial charge in [0.1, 0.15) is 17.2 Å². The van der Waals surface area contributed by atoms with Crippen LogP contribution in [0.2, 0.25) is 0 Å². The van der Waals surface area contributed by atoms with Crippen molar-refractivity contribution in [3.05, 3.63) is 54.2 Å². The maximum Gasteiger partial charge on any atom is 0.278 e. The highest BCUT2D eigenvalue weighted by atomic mass is 16.5. The molecule has 12 heteroatoms. The molecule has 1 aromatic carbocycles. The number of carbonyl (C=O) groups is 2. The number of aryl methyl sites for hydroxylation is 1. The molecule has 3 heterocycles. The van der Waals surface area contributed by atoms with E-state index in [0.29, 0.717) is 22.9 Å². The molecule has 0 unspecified atom stereocenters. The van der Waals surface area contributed by atoms with Gasteiger partial charge in [0.2, 0.25) is 17.5 Å². The molecule has 4 aromatic rings. The summed E-state index contributed by atoms with van der Waals surface area (Å²) in [6.07, 6.45) is 4.62. The highest BCUT2D eigenvalue weighted by Crippen LogP contribution is 2.28. The summed E-state index contributed by atoms with van der Waals surface area (Å²) in [7, 11) is 1.76. The van der Waals surface area contributed by atoms with E-state index in [2.05, 4.69) is 30.5 Å². The minimum absolute atomic E-state index is 0.0110. The molecule has 180 valence electrons. The van der Waals surface area contributed by atoms with E-state index in [-0.39, 0.29) is 47.5 Å². The maximum absolute atomic E-state index is 12.8. The molecule has 1 N–H and O–H groups in total. The largest absolute Gasteiger partial charge is 0.491 e. The van der Waals surface area contributed by atoms with Crippen LogP contribution in [0.3, 0.4) is 0 Å². The number of nitrogens with zero attached hydrogens (tertiary/aromatic N) is 6. The molecule has 0 saturated carbocycles. The Bertz CT molecular complexity index is 1340. The van der Waals surface area contributed by atoms with Gasteiger partial charge in [0.25, 0.3) is 11.8 Å². The number of hydrogen-bond acceptors (Lipinski definition) is 10. The fourth-order valence-electron chi connectivity index (χ4n) is 2.97. The van der Waals surface area contributed by atoms with E-state index in [1.165, 1.54) is 12.4 Å². The minimum atomic E-state index is -0.377. The normalized spacial score (nSPS) is 10.9. The highest BCUT2D eigenvalue weighted by Gasteiger charge is 2.17. The van der Waals surface area contributed by atoms with E-state index in [0.717, 1.165) is 0 Å². The smallest absolute Gasteiger partial charge is 0.278 e. The van der Waals surface area contributed by atoms with Crippen molar-refractivity contribution in [2.45, 2.75) is 33.3 Å². The van der Waals surface area contributed by atoms with Crippen molar-refractivity contribution in [2.24, 2.45) is 7.05 Å². The van der Waals surface area contributed by atoms with E-state index in [4.69, 9.17) is 14.0 Å². The molecule has 12 nitrogen and oxygen atoms in total. The summed E-state index contributed by atoms with van der Waals surface area (Å²) in [6.45, 7) is 5.46. The van der Waals surface area contributed by atoms with Crippen LogP contribution in [0.5, 0.6) is 17.4 Å². The number of ether oxygens (including phenoxy) is 2. The van der Waals surface area contributed by atoms with Crippen LogP contribution in [0.25, 0.3) is 11.6 Å². The number of rotatable bonds is 9. The average molecular weight is 477 g/mol. The average Bonchev–Trinajstić information content (AvgIpc) is 3.48. The Balaban J connectivity index is 1.54. The first-order valence-electron chi connectivity index (χ1n) is 10.8. The van der Waals surface area contributed by atoms with Crippen LogP contribution in [0, 0.1) is 0 Å². The van der Waals surface area contributed by atoms with Crippen LogP contribution in [0.15, 0.2) is 47.4 Å². The van der Waals surface area contributed by atoms with Gasteiger partial charge in [0.05, 0.1) is 18.5 Å². The Morgan fingerprint density at radius 2 is 1.94 bits per heavy atom. The molecule has 4 rings (SSSR count). The SMILES string of the molecule is CCC(=O)c1noc(-c2cnc(Oc3cc(OC(C)C)cc(C(=O)Nc4ccn(C)n4)c3)cn2)n1. The van der Waals surface area contributed by atoms with Crippen molar-refractivity contribution in [3.63, 3.8) is 0 Å². The van der Waals surface area contributed by atoms with E-state index in [9.17, 15) is 9.59 Å². The standard InChI is InChI=1S/C23H23N7O5/c1-5-18(31)21-27-23(35-29-21)17-11-25-20(12-24-17)34-16-9-14(8-15(10-16)33-13(2)3)22(32)26-19-6-7-30(4)28-19/h6-13H,5H2,1-4H3,(H,26,28,32). The Morgan fingerprint density at radius 3 is 2.60 bits per heavy atom. The Morgan fingerprint density at radius 1 is 1.14 bits per heavy atom. The highest BCUT2D eigenvalue weighted by molar-refractivity contribution is 6.04. The van der Waals surface area contributed by atoms with Crippen LogP contribution in [0.1, 0.15) is 48.2 Å². The predicted molar refractivity (Wildman–Crippen MR) is 123 cm³/mol. The van der Waals surface area contributed by atoms with Crippen LogP contribution >= 0.6 is 0 Å². The van der Waals surface area contributed by atoms with Crippen molar-refractivity contribution in [2.75, 3.05) is 5.32 Å². The lowest BCUT2D eigenvalue weighted by atomic mass is 10.2. The number of ketones is 1. The summed E-state index contributed by atoms with van der Waals surface area (Å²) < 4.78 is 18.3. The van der Waals surface area contributed by atoms with Crippen molar-refractivity contribution in [3.8, 4) is 29.0 Å². The van der Waals surface area contributed by atoms with Gasteiger partial charge in [-0.25, -0.2) is 9.97 Å². The number of anilines is 1. The van der Waals surface area contributed by atoms with Gasteiger partial charge in [-0.3, -0.25) is 14.3 Å². The van der Waals surface area contributed by atoms with Crippen LogP contribution in [-0.2, 0) is 7.05 Å². The monoisotopic (exact) mass is 477 g/mol. The third-order valence-electron chi connectivity index (χ3n) is 4.54. The minimum Gasteiger partial charge on any atom is -0.491 e. The van der Waals surface area contributed by atoms with E-state index in [1.54, 1.807) is 49.1 Å². The fraction of sp³-hybridized carbons (Fsp3) is 0.261.